The molecule has 0 aliphatic carbocycles. The van der Waals surface area contributed by atoms with Gasteiger partial charge in [-0.2, -0.15) is 0 Å². The van der Waals surface area contributed by atoms with Crippen molar-refractivity contribution in [1.82, 2.24) is 10.2 Å². The number of hydrogen-bond donors (Lipinski definition) is 1. The second kappa shape index (κ2) is 9.11. The Balaban J connectivity index is 1.41. The molecule has 1 amide bonds. The molecule has 0 fully saturated rings. The first-order valence-electron chi connectivity index (χ1n) is 9.04. The maximum absolute atomic E-state index is 12.4. The van der Waals surface area contributed by atoms with Crippen molar-refractivity contribution >= 4 is 50.9 Å². The highest BCUT2D eigenvalue weighted by Crippen LogP contribution is 2.28. The number of hydrogen-bond acceptors (Lipinski definition) is 9. The molecule has 0 aliphatic heterocycles. The third-order valence-electron chi connectivity index (χ3n) is 4.07. The number of aromatic nitrogens is 2. The first-order valence-corrected chi connectivity index (χ1v) is 10.8. The van der Waals surface area contributed by atoms with Gasteiger partial charge >= 0.3 is 5.97 Å². The zero-order valence-electron chi connectivity index (χ0n) is 16.2. The quantitative estimate of drug-likeness (QED) is 0.264. The van der Waals surface area contributed by atoms with Crippen LogP contribution in [0.25, 0.3) is 10.8 Å². The highest BCUT2D eigenvalue weighted by molar-refractivity contribution is 8.00. The van der Waals surface area contributed by atoms with Crippen molar-refractivity contribution in [2.45, 2.75) is 17.0 Å². The van der Waals surface area contributed by atoms with Crippen LogP contribution in [-0.2, 0) is 10.5 Å². The fourth-order valence-corrected chi connectivity index (χ4v) is 4.35. The Kier molecular flexibility index (Phi) is 6.10. The standard InChI is InChI=1S/C21H15N3O5S2/c1-12(25)22-20-23-24-21(31-20)30-11-16-9-17(26)18(10-28-16)29-19(27)15-7-6-13-4-2-3-5-14(13)8-15/h2-10H,11H2,1H3,(H,22,23,25). The summed E-state index contributed by atoms with van der Waals surface area (Å²) in [5.74, 6) is -0.345. The lowest BCUT2D eigenvalue weighted by Crippen LogP contribution is -2.14. The largest absolute Gasteiger partial charge is 0.464 e. The molecule has 0 saturated heterocycles. The summed E-state index contributed by atoms with van der Waals surface area (Å²) in [6, 6.07) is 14.1. The number of nitrogens with zero attached hydrogens (tertiary/aromatic N) is 2. The van der Waals surface area contributed by atoms with E-state index in [1.165, 1.54) is 36.1 Å². The van der Waals surface area contributed by atoms with E-state index in [1.54, 1.807) is 12.1 Å². The van der Waals surface area contributed by atoms with Gasteiger partial charge in [0.25, 0.3) is 0 Å². The molecule has 31 heavy (non-hydrogen) atoms. The first kappa shape index (κ1) is 20.8. The molecule has 2 heterocycles. The van der Waals surface area contributed by atoms with Gasteiger partial charge in [-0.25, -0.2) is 4.79 Å². The predicted octanol–water partition coefficient (Wildman–Crippen LogP) is 4.11. The number of rotatable bonds is 6. The third kappa shape index (κ3) is 5.16. The Morgan fingerprint density at radius 1 is 1.13 bits per heavy atom. The number of carbonyl (C=O) groups is 2. The highest BCUT2D eigenvalue weighted by atomic mass is 32.2. The van der Waals surface area contributed by atoms with E-state index in [0.29, 0.717) is 26.5 Å². The van der Waals surface area contributed by atoms with E-state index in [4.69, 9.17) is 9.15 Å². The minimum atomic E-state index is -0.639. The van der Waals surface area contributed by atoms with Gasteiger partial charge in [-0.3, -0.25) is 9.59 Å². The number of carbonyl (C=O) groups excluding carboxylic acids is 2. The van der Waals surface area contributed by atoms with E-state index in [-0.39, 0.29) is 11.7 Å². The van der Waals surface area contributed by atoms with Crippen LogP contribution in [0.2, 0.25) is 0 Å². The molecule has 10 heteroatoms. The molecule has 1 N–H and O–H groups in total. The first-order chi connectivity index (χ1) is 15.0. The van der Waals surface area contributed by atoms with E-state index >= 15 is 0 Å². The monoisotopic (exact) mass is 453 g/mol. The molecular formula is C21H15N3O5S2. The van der Waals surface area contributed by atoms with E-state index in [0.717, 1.165) is 17.0 Å². The zero-order valence-corrected chi connectivity index (χ0v) is 17.8. The molecule has 0 radical (unpaired) electrons. The maximum Gasteiger partial charge on any atom is 0.343 e. The molecule has 4 aromatic rings. The summed E-state index contributed by atoms with van der Waals surface area (Å²) >= 11 is 2.52. The number of fused-ring (bicyclic) bond motifs is 1. The molecule has 156 valence electrons. The third-order valence-corrected chi connectivity index (χ3v) is 6.06. The fourth-order valence-electron chi connectivity index (χ4n) is 2.67. The second-order valence-corrected chi connectivity index (χ2v) is 8.57. The van der Waals surface area contributed by atoms with Gasteiger partial charge in [-0.15, -0.1) is 10.2 Å². The second-order valence-electron chi connectivity index (χ2n) is 6.37. The van der Waals surface area contributed by atoms with Crippen molar-refractivity contribution in [2.75, 3.05) is 5.32 Å². The summed E-state index contributed by atoms with van der Waals surface area (Å²) in [5.41, 5.74) is -0.129. The predicted molar refractivity (Wildman–Crippen MR) is 118 cm³/mol. The van der Waals surface area contributed by atoms with E-state index in [9.17, 15) is 14.4 Å². The van der Waals surface area contributed by atoms with Gasteiger partial charge in [-0.05, 0) is 22.9 Å². The molecule has 0 atom stereocenters. The lowest BCUT2D eigenvalue weighted by Gasteiger charge is -2.05. The van der Waals surface area contributed by atoms with Crippen molar-refractivity contribution in [2.24, 2.45) is 0 Å². The number of amides is 1. The molecular weight excluding hydrogens is 438 g/mol. The topological polar surface area (TPSA) is 111 Å². The number of nitrogens with one attached hydrogen (secondary N) is 1. The Hall–Kier alpha value is -3.50. The average Bonchev–Trinajstić information content (AvgIpc) is 3.20. The van der Waals surface area contributed by atoms with Crippen LogP contribution < -0.4 is 15.5 Å². The van der Waals surface area contributed by atoms with Crippen molar-refractivity contribution in [1.29, 1.82) is 0 Å². The van der Waals surface area contributed by atoms with Crippen LogP contribution >= 0.6 is 23.1 Å². The Morgan fingerprint density at radius 2 is 1.94 bits per heavy atom. The van der Waals surface area contributed by atoms with Crippen LogP contribution in [-0.4, -0.2) is 22.1 Å². The minimum Gasteiger partial charge on any atom is -0.464 e. The van der Waals surface area contributed by atoms with Crippen LogP contribution in [0.1, 0.15) is 23.0 Å². The van der Waals surface area contributed by atoms with E-state index in [1.807, 2.05) is 30.3 Å². The molecule has 8 nitrogen and oxygen atoms in total. The minimum absolute atomic E-state index is 0.184. The number of benzene rings is 2. The molecule has 2 aromatic heterocycles. The number of esters is 1. The molecule has 0 spiro atoms. The van der Waals surface area contributed by atoms with Crippen LogP contribution in [0, 0.1) is 0 Å². The van der Waals surface area contributed by atoms with Crippen molar-refractivity contribution in [3.8, 4) is 5.75 Å². The van der Waals surface area contributed by atoms with E-state index in [2.05, 4.69) is 15.5 Å². The summed E-state index contributed by atoms with van der Waals surface area (Å²) in [5, 5.41) is 12.6. The average molecular weight is 454 g/mol. The van der Waals surface area contributed by atoms with Gasteiger partial charge in [0.15, 0.2) is 4.34 Å². The molecule has 0 aliphatic rings. The van der Waals surface area contributed by atoms with Gasteiger partial charge in [0.1, 0.15) is 12.0 Å². The summed E-state index contributed by atoms with van der Waals surface area (Å²) in [6.07, 6.45) is 1.13. The van der Waals surface area contributed by atoms with Crippen LogP contribution in [0.4, 0.5) is 5.13 Å². The number of ether oxygens (including phenoxy) is 1. The number of anilines is 1. The van der Waals surface area contributed by atoms with Gasteiger partial charge in [-0.1, -0.05) is 53.4 Å². The summed E-state index contributed by atoms with van der Waals surface area (Å²) in [7, 11) is 0. The Morgan fingerprint density at radius 3 is 2.71 bits per heavy atom. The van der Waals surface area contributed by atoms with Crippen molar-refractivity contribution in [3.05, 3.63) is 76.3 Å². The van der Waals surface area contributed by atoms with Crippen LogP contribution in [0.3, 0.4) is 0 Å². The van der Waals surface area contributed by atoms with Gasteiger partial charge in [0.2, 0.25) is 22.2 Å². The van der Waals surface area contributed by atoms with Crippen LogP contribution in [0.5, 0.6) is 5.75 Å². The SMILES string of the molecule is CC(=O)Nc1nnc(SCc2cc(=O)c(OC(=O)c3ccc4ccccc4c3)co2)s1. The molecule has 0 bridgehead atoms. The molecule has 4 rings (SSSR count). The normalized spacial score (nSPS) is 10.7. The van der Waals surface area contributed by atoms with Crippen LogP contribution in [0.15, 0.2) is 68.3 Å². The van der Waals surface area contributed by atoms with Gasteiger partial charge < -0.3 is 14.5 Å². The van der Waals surface area contributed by atoms with Crippen molar-refractivity contribution in [3.63, 3.8) is 0 Å². The Bertz CT molecular complexity index is 1330. The summed E-state index contributed by atoms with van der Waals surface area (Å²) in [4.78, 5) is 35.8. The lowest BCUT2D eigenvalue weighted by atomic mass is 10.1. The lowest BCUT2D eigenvalue weighted by molar-refractivity contribution is -0.114. The molecule has 0 unspecified atom stereocenters. The number of thioether (sulfide) groups is 1. The zero-order chi connectivity index (χ0) is 21.8. The molecule has 0 saturated carbocycles. The van der Waals surface area contributed by atoms with E-state index < -0.39 is 11.4 Å². The van der Waals surface area contributed by atoms with Gasteiger partial charge in [0, 0.05) is 13.0 Å². The summed E-state index contributed by atoms with van der Waals surface area (Å²) in [6.45, 7) is 1.39. The Labute approximate surface area is 184 Å². The smallest absolute Gasteiger partial charge is 0.343 e. The molecule has 2 aromatic carbocycles. The summed E-state index contributed by atoms with van der Waals surface area (Å²) < 4.78 is 11.3. The van der Waals surface area contributed by atoms with Gasteiger partial charge in [0.05, 0.1) is 11.3 Å². The van der Waals surface area contributed by atoms with Crippen molar-refractivity contribution < 1.29 is 18.7 Å². The fraction of sp³-hybridized carbons (Fsp3) is 0.0952. The highest BCUT2D eigenvalue weighted by Gasteiger charge is 2.14. The maximum atomic E-state index is 12.4.